The third-order valence-corrected chi connectivity index (χ3v) is 9.59. The number of carbonyl (C=O) groups is 3. The van der Waals surface area contributed by atoms with Crippen LogP contribution in [-0.4, -0.2) is 54.5 Å². The Labute approximate surface area is 224 Å². The van der Waals surface area contributed by atoms with E-state index in [2.05, 4.69) is 33.0 Å². The summed E-state index contributed by atoms with van der Waals surface area (Å²) in [6, 6.07) is 1.82. The summed E-state index contributed by atoms with van der Waals surface area (Å²) in [5, 5.41) is 13.1. The molecule has 0 bridgehead atoms. The van der Waals surface area contributed by atoms with Crippen LogP contribution in [0.5, 0.6) is 0 Å². The molecular formula is C28H42N2O6S. The molecule has 2 aliphatic carbocycles. The van der Waals surface area contributed by atoms with Crippen molar-refractivity contribution in [2.75, 3.05) is 18.1 Å². The number of nitrogens with zero attached hydrogens (tertiary/aromatic N) is 1. The van der Waals surface area contributed by atoms with Crippen LogP contribution in [0.3, 0.4) is 0 Å². The van der Waals surface area contributed by atoms with E-state index in [1.54, 1.807) is 0 Å². The highest BCUT2D eigenvalue weighted by molar-refractivity contribution is 7.14. The van der Waals surface area contributed by atoms with Gasteiger partial charge in [-0.25, -0.2) is 9.59 Å². The second-order valence-corrected chi connectivity index (χ2v) is 13.1. The fourth-order valence-electron chi connectivity index (χ4n) is 5.72. The van der Waals surface area contributed by atoms with E-state index in [4.69, 9.17) is 9.47 Å². The Morgan fingerprint density at radius 2 is 1.73 bits per heavy atom. The quantitative estimate of drug-likeness (QED) is 0.483. The first-order chi connectivity index (χ1) is 17.5. The van der Waals surface area contributed by atoms with Crippen molar-refractivity contribution in [2.24, 2.45) is 11.8 Å². The molecule has 1 aromatic heterocycles. The zero-order valence-electron chi connectivity index (χ0n) is 22.6. The fourth-order valence-corrected chi connectivity index (χ4v) is 6.76. The molecule has 9 heteroatoms. The minimum absolute atomic E-state index is 0.0230. The van der Waals surface area contributed by atoms with E-state index in [1.807, 2.05) is 11.0 Å². The molecule has 3 fully saturated rings. The predicted molar refractivity (Wildman–Crippen MR) is 143 cm³/mol. The van der Waals surface area contributed by atoms with Crippen LogP contribution >= 0.6 is 11.3 Å². The van der Waals surface area contributed by atoms with Crippen LogP contribution in [0.2, 0.25) is 0 Å². The Morgan fingerprint density at radius 1 is 1.05 bits per heavy atom. The first-order valence-electron chi connectivity index (χ1n) is 13.8. The van der Waals surface area contributed by atoms with Gasteiger partial charge in [0.1, 0.15) is 11.0 Å². The fraction of sp³-hybridized carbons (Fsp3) is 0.750. The van der Waals surface area contributed by atoms with E-state index in [9.17, 15) is 19.5 Å². The highest BCUT2D eigenvalue weighted by atomic mass is 32.1. The zero-order valence-corrected chi connectivity index (χ0v) is 23.4. The second-order valence-electron chi connectivity index (χ2n) is 12.1. The molecule has 2 amide bonds. The number of rotatable bonds is 6. The molecule has 0 aromatic carbocycles. The lowest BCUT2D eigenvalue weighted by atomic mass is 9.81. The SMILES string of the molecule is CC(C)(C)c1cc(N(C(=O)[C@H]2CC[C@H](C)CC2)C2CCC(NC(=O)O[C@@H]3CCOC3)CC2)c(C(=O)O)s1. The minimum atomic E-state index is -0.987. The number of thiophene rings is 1. The average Bonchev–Trinajstić information content (AvgIpc) is 3.51. The Morgan fingerprint density at radius 3 is 2.30 bits per heavy atom. The Bertz CT molecular complexity index is 964. The summed E-state index contributed by atoms with van der Waals surface area (Å²) >= 11 is 1.28. The molecule has 1 aromatic rings. The van der Waals surface area contributed by atoms with E-state index >= 15 is 0 Å². The van der Waals surface area contributed by atoms with Gasteiger partial charge < -0.3 is 24.8 Å². The maximum atomic E-state index is 14.0. The van der Waals surface area contributed by atoms with E-state index in [0.29, 0.717) is 50.5 Å². The number of carboxylic acid groups (broad SMARTS) is 1. The van der Waals surface area contributed by atoms with Crippen molar-refractivity contribution in [3.8, 4) is 0 Å². The lowest BCUT2D eigenvalue weighted by molar-refractivity contribution is -0.124. The summed E-state index contributed by atoms with van der Waals surface area (Å²) in [7, 11) is 0. The normalized spacial score (nSPS) is 28.5. The molecule has 206 valence electrons. The van der Waals surface area contributed by atoms with Gasteiger partial charge in [0.05, 0.1) is 18.9 Å². The Kier molecular flexibility index (Phi) is 8.84. The lowest BCUT2D eigenvalue weighted by Gasteiger charge is -2.39. The Balaban J connectivity index is 1.52. The number of hydrogen-bond acceptors (Lipinski definition) is 6. The maximum Gasteiger partial charge on any atom is 0.407 e. The lowest BCUT2D eigenvalue weighted by Crippen LogP contribution is -2.49. The molecule has 0 radical (unpaired) electrons. The van der Waals surface area contributed by atoms with E-state index in [-0.39, 0.29) is 40.3 Å². The predicted octanol–water partition coefficient (Wildman–Crippen LogP) is 5.73. The molecule has 37 heavy (non-hydrogen) atoms. The summed E-state index contributed by atoms with van der Waals surface area (Å²) in [5.74, 6) is -0.377. The van der Waals surface area contributed by atoms with Crippen molar-refractivity contribution in [2.45, 2.75) is 109 Å². The molecule has 4 rings (SSSR count). The monoisotopic (exact) mass is 534 g/mol. The first kappa shape index (κ1) is 27.9. The third-order valence-electron chi connectivity index (χ3n) is 8.05. The van der Waals surface area contributed by atoms with Crippen LogP contribution < -0.4 is 10.2 Å². The van der Waals surface area contributed by atoms with Gasteiger partial charge in [-0.15, -0.1) is 11.3 Å². The third kappa shape index (κ3) is 6.85. The second kappa shape index (κ2) is 11.7. The number of carbonyl (C=O) groups excluding carboxylic acids is 2. The average molecular weight is 535 g/mol. The minimum Gasteiger partial charge on any atom is -0.477 e. The van der Waals surface area contributed by atoms with Crippen molar-refractivity contribution in [1.82, 2.24) is 5.32 Å². The van der Waals surface area contributed by atoms with Gasteiger partial charge in [-0.1, -0.05) is 27.7 Å². The van der Waals surface area contributed by atoms with Gasteiger partial charge in [0.15, 0.2) is 0 Å². The summed E-state index contributed by atoms with van der Waals surface area (Å²) in [4.78, 5) is 41.7. The zero-order chi connectivity index (χ0) is 26.7. The summed E-state index contributed by atoms with van der Waals surface area (Å²) in [6.45, 7) is 9.49. The molecule has 0 unspecified atom stereocenters. The van der Waals surface area contributed by atoms with Gasteiger partial charge >= 0.3 is 12.1 Å². The molecule has 3 aliphatic rings. The number of anilines is 1. The van der Waals surface area contributed by atoms with Crippen molar-refractivity contribution < 1.29 is 29.0 Å². The van der Waals surface area contributed by atoms with Gasteiger partial charge in [-0.3, -0.25) is 4.79 Å². The van der Waals surface area contributed by atoms with Crippen molar-refractivity contribution in [3.05, 3.63) is 15.8 Å². The molecule has 2 heterocycles. The number of amides is 2. The highest BCUT2D eigenvalue weighted by Gasteiger charge is 2.38. The van der Waals surface area contributed by atoms with Crippen molar-refractivity contribution in [1.29, 1.82) is 0 Å². The number of ether oxygens (including phenoxy) is 2. The summed E-state index contributed by atoms with van der Waals surface area (Å²) < 4.78 is 10.7. The van der Waals surface area contributed by atoms with E-state index < -0.39 is 12.1 Å². The summed E-state index contributed by atoms with van der Waals surface area (Å²) in [6.07, 6.45) is 6.70. The topological polar surface area (TPSA) is 105 Å². The van der Waals surface area contributed by atoms with Crippen molar-refractivity contribution in [3.63, 3.8) is 0 Å². The standard InChI is InChI=1S/C28H42N2O6S/c1-17-5-7-18(8-6-17)25(31)30(22-15-23(28(2,3)4)37-24(22)26(32)33)20-11-9-19(10-12-20)29-27(34)36-21-13-14-35-16-21/h15,17-21H,5-14,16H2,1-4H3,(H,29,34)(H,32,33)/t17-,18-,19?,20?,21-/m1/s1. The van der Waals surface area contributed by atoms with Crippen LogP contribution in [0.25, 0.3) is 0 Å². The molecule has 2 saturated carbocycles. The number of aromatic carboxylic acids is 1. The van der Waals surface area contributed by atoms with Crippen molar-refractivity contribution >= 4 is 35.0 Å². The van der Waals surface area contributed by atoms with E-state index in [1.165, 1.54) is 11.3 Å². The number of alkyl carbamates (subject to hydrolysis) is 1. The van der Waals surface area contributed by atoms with Gasteiger partial charge in [0.2, 0.25) is 5.91 Å². The largest absolute Gasteiger partial charge is 0.477 e. The van der Waals surface area contributed by atoms with Gasteiger partial charge in [0.25, 0.3) is 0 Å². The molecule has 8 nitrogen and oxygen atoms in total. The molecular weight excluding hydrogens is 492 g/mol. The molecule has 1 saturated heterocycles. The highest BCUT2D eigenvalue weighted by Crippen LogP contribution is 2.41. The van der Waals surface area contributed by atoms with Crippen LogP contribution in [0.15, 0.2) is 6.07 Å². The van der Waals surface area contributed by atoms with E-state index in [0.717, 1.165) is 37.0 Å². The molecule has 2 N–H and O–H groups in total. The van der Waals surface area contributed by atoms with Gasteiger partial charge in [0, 0.05) is 29.3 Å². The van der Waals surface area contributed by atoms with Crippen LogP contribution in [0, 0.1) is 11.8 Å². The van der Waals surface area contributed by atoms with Crippen LogP contribution in [-0.2, 0) is 19.7 Å². The molecule has 1 atom stereocenters. The van der Waals surface area contributed by atoms with Crippen LogP contribution in [0.4, 0.5) is 10.5 Å². The number of nitrogens with one attached hydrogen (secondary N) is 1. The Hall–Kier alpha value is -2.13. The molecule has 0 spiro atoms. The van der Waals surface area contributed by atoms with Gasteiger partial charge in [-0.2, -0.15) is 0 Å². The van der Waals surface area contributed by atoms with Crippen LogP contribution in [0.1, 0.15) is 100 Å². The number of carboxylic acids is 1. The van der Waals surface area contributed by atoms with Gasteiger partial charge in [-0.05, 0) is 68.8 Å². The smallest absolute Gasteiger partial charge is 0.407 e. The maximum absolute atomic E-state index is 14.0. The first-order valence-corrected chi connectivity index (χ1v) is 14.6. The number of hydrogen-bond donors (Lipinski definition) is 2. The summed E-state index contributed by atoms with van der Waals surface area (Å²) in [5.41, 5.74) is 0.331. The molecule has 1 aliphatic heterocycles.